The second kappa shape index (κ2) is 3.21. The molecule has 0 aliphatic rings. The van der Waals surface area contributed by atoms with Crippen LogP contribution in [0.1, 0.15) is 0 Å². The van der Waals surface area contributed by atoms with Gasteiger partial charge in [0.15, 0.2) is 0 Å². The molecule has 1 rings (SSSR count). The summed E-state index contributed by atoms with van der Waals surface area (Å²) < 4.78 is 23.5. The van der Waals surface area contributed by atoms with E-state index in [9.17, 15) is 8.42 Å². The molecule has 3 nitrogen and oxygen atoms in total. The van der Waals surface area contributed by atoms with Gasteiger partial charge in [-0.15, -0.1) is 4.24 Å². The quantitative estimate of drug-likeness (QED) is 0.705. The molecule has 11 heavy (non-hydrogen) atoms. The van der Waals surface area contributed by atoms with Crippen molar-refractivity contribution in [2.75, 3.05) is 0 Å². The maximum absolute atomic E-state index is 10.9. The second-order valence-electron chi connectivity index (χ2n) is 1.81. The maximum atomic E-state index is 10.9. The van der Waals surface area contributed by atoms with E-state index in [1.807, 2.05) is 0 Å². The van der Waals surface area contributed by atoms with Crippen molar-refractivity contribution >= 4 is 21.8 Å². The first-order valence-corrected chi connectivity index (χ1v) is 4.62. The van der Waals surface area contributed by atoms with E-state index < -0.39 is 10.0 Å². The van der Waals surface area contributed by atoms with Crippen molar-refractivity contribution in [1.29, 1.82) is 0 Å². The minimum absolute atomic E-state index is 0.0370. The van der Waals surface area contributed by atoms with Gasteiger partial charge in [0.05, 0.1) is 4.90 Å². The lowest BCUT2D eigenvalue weighted by atomic mass is 10.4. The van der Waals surface area contributed by atoms with Gasteiger partial charge >= 0.3 is 0 Å². The summed E-state index contributed by atoms with van der Waals surface area (Å²) in [4.78, 5) is 0.0370. The molecule has 0 atom stereocenters. The van der Waals surface area contributed by atoms with E-state index >= 15 is 0 Å². The Morgan fingerprint density at radius 3 is 2.64 bits per heavy atom. The minimum Gasteiger partial charge on any atom is -0.206 e. The van der Waals surface area contributed by atoms with E-state index in [1.165, 1.54) is 12.1 Å². The molecule has 0 fully saturated rings. The van der Waals surface area contributed by atoms with Gasteiger partial charge in [0.25, 0.3) is 10.0 Å². The van der Waals surface area contributed by atoms with Crippen molar-refractivity contribution in [3.05, 3.63) is 30.3 Å². The normalized spacial score (nSPS) is 11.4. The molecule has 0 heterocycles. The molecule has 0 aromatic heterocycles. The summed E-state index contributed by atoms with van der Waals surface area (Å²) in [5.41, 5.74) is 0. The molecule has 0 aliphatic heterocycles. The van der Waals surface area contributed by atoms with Crippen LogP contribution >= 0.6 is 11.8 Å². The number of nitrogens with one attached hydrogen (secondary N) is 1. The molecular weight excluding hydrogens is 186 g/mol. The van der Waals surface area contributed by atoms with Crippen LogP contribution in [-0.2, 0) is 10.0 Å². The molecule has 0 bridgehead atoms. The van der Waals surface area contributed by atoms with Gasteiger partial charge in [-0.1, -0.05) is 18.2 Å². The van der Waals surface area contributed by atoms with Gasteiger partial charge in [0.2, 0.25) is 0 Å². The van der Waals surface area contributed by atoms with Crippen LogP contribution in [0.15, 0.2) is 29.2 Å². The van der Waals surface area contributed by atoms with E-state index in [-0.39, 0.29) is 4.90 Å². The Balaban J connectivity index is 3.14. The molecule has 1 N–H and O–H groups in total. The molecule has 0 saturated carbocycles. The summed E-state index contributed by atoms with van der Waals surface area (Å²) >= 11 is 4.97. The third-order valence-corrected chi connectivity index (χ3v) is 2.72. The Morgan fingerprint density at radius 2 is 2.18 bits per heavy atom. The number of rotatable bonds is 2. The van der Waals surface area contributed by atoms with Crippen molar-refractivity contribution in [3.63, 3.8) is 0 Å². The smallest absolute Gasteiger partial charge is 0.206 e. The first kappa shape index (κ1) is 8.52. The summed E-state index contributed by atoms with van der Waals surface area (Å²) in [6.45, 7) is 0. The highest BCUT2D eigenvalue weighted by molar-refractivity contribution is 7.90. The second-order valence-corrected chi connectivity index (χ2v) is 3.87. The molecule has 1 aromatic carbocycles. The molecule has 59 valence electrons. The molecule has 1 radical (unpaired) electrons. The summed E-state index contributed by atoms with van der Waals surface area (Å²) in [7, 11) is -3.54. The predicted molar refractivity (Wildman–Crippen MR) is 41.5 cm³/mol. The molecule has 0 aliphatic carbocycles. The van der Waals surface area contributed by atoms with Gasteiger partial charge < -0.3 is 0 Å². The van der Waals surface area contributed by atoms with Gasteiger partial charge in [-0.25, -0.2) is 8.42 Å². The fourth-order valence-electron chi connectivity index (χ4n) is 0.586. The first-order chi connectivity index (χ1) is 5.17. The Kier molecular flexibility index (Phi) is 2.49. The summed E-state index contributed by atoms with van der Waals surface area (Å²) in [6, 6.07) is 8.70. The van der Waals surface area contributed by atoms with Gasteiger partial charge in [0.1, 0.15) is 0 Å². The minimum atomic E-state index is -3.54. The molecular formula is C6H5ClNO2S. The fraction of sp³-hybridized carbons (Fsp3) is 0. The monoisotopic (exact) mass is 190 g/mol. The van der Waals surface area contributed by atoms with Crippen molar-refractivity contribution in [2.24, 2.45) is 0 Å². The molecule has 0 amide bonds. The van der Waals surface area contributed by atoms with Crippen LogP contribution < -0.4 is 4.24 Å². The lowest BCUT2D eigenvalue weighted by Crippen LogP contribution is -2.13. The maximum Gasteiger partial charge on any atom is 0.254 e. The zero-order chi connectivity index (χ0) is 8.32. The molecule has 0 saturated heterocycles. The highest BCUT2D eigenvalue weighted by Crippen LogP contribution is 2.05. The fourth-order valence-corrected chi connectivity index (χ4v) is 1.40. The van der Waals surface area contributed by atoms with Gasteiger partial charge in [-0.3, -0.25) is 0 Å². The van der Waals surface area contributed by atoms with E-state index in [1.54, 1.807) is 16.4 Å². The van der Waals surface area contributed by atoms with E-state index in [4.69, 9.17) is 11.8 Å². The molecule has 5 heteroatoms. The highest BCUT2D eigenvalue weighted by Gasteiger charge is 2.10. The Labute approximate surface area is 70.2 Å². The van der Waals surface area contributed by atoms with Crippen molar-refractivity contribution in [3.8, 4) is 0 Å². The van der Waals surface area contributed by atoms with Crippen LogP contribution in [-0.4, -0.2) is 8.42 Å². The zero-order valence-corrected chi connectivity index (χ0v) is 6.98. The van der Waals surface area contributed by atoms with Crippen LogP contribution in [0.2, 0.25) is 0 Å². The van der Waals surface area contributed by atoms with E-state index in [0.29, 0.717) is 0 Å². The van der Waals surface area contributed by atoms with E-state index in [0.717, 1.165) is 0 Å². The standard InChI is InChI=1S/C6H5ClNO2S/c7-8-11(9,10)6-4-2-1-3-5-6/h1-4,8H. The number of hydrogen-bond acceptors (Lipinski definition) is 2. The molecule has 1 aromatic rings. The summed E-state index contributed by atoms with van der Waals surface area (Å²) in [5.74, 6) is 0. The number of sulfonamides is 1. The van der Waals surface area contributed by atoms with E-state index in [2.05, 4.69) is 6.07 Å². The SMILES string of the molecule is O=S(=O)(NCl)c1[c]cccc1. The zero-order valence-electron chi connectivity index (χ0n) is 5.41. The average molecular weight is 191 g/mol. The molecule has 0 unspecified atom stereocenters. The van der Waals surface area contributed by atoms with Crippen molar-refractivity contribution in [2.45, 2.75) is 4.90 Å². The third-order valence-electron chi connectivity index (χ3n) is 1.07. The van der Waals surface area contributed by atoms with Gasteiger partial charge in [-0.05, 0) is 17.8 Å². The number of benzene rings is 1. The lowest BCUT2D eigenvalue weighted by molar-refractivity contribution is 0.594. The Hall–Kier alpha value is -0.580. The van der Waals surface area contributed by atoms with Crippen LogP contribution in [0.3, 0.4) is 0 Å². The lowest BCUT2D eigenvalue weighted by Gasteiger charge is -1.97. The van der Waals surface area contributed by atoms with Crippen molar-refractivity contribution in [1.82, 2.24) is 4.24 Å². The van der Waals surface area contributed by atoms with Crippen molar-refractivity contribution < 1.29 is 8.42 Å². The number of hydrogen-bond donors (Lipinski definition) is 1. The largest absolute Gasteiger partial charge is 0.254 e. The van der Waals surface area contributed by atoms with Gasteiger partial charge in [-0.2, -0.15) is 0 Å². The first-order valence-electron chi connectivity index (χ1n) is 2.76. The Bertz CT molecular complexity index is 322. The van der Waals surface area contributed by atoms with Crippen LogP contribution in [0.25, 0.3) is 0 Å². The number of halogens is 1. The van der Waals surface area contributed by atoms with Crippen LogP contribution in [0, 0.1) is 6.07 Å². The predicted octanol–water partition coefficient (Wildman–Crippen LogP) is 0.919. The van der Waals surface area contributed by atoms with Crippen LogP contribution in [0.5, 0.6) is 0 Å². The highest BCUT2D eigenvalue weighted by atomic mass is 35.5. The van der Waals surface area contributed by atoms with Crippen LogP contribution in [0.4, 0.5) is 0 Å². The Morgan fingerprint density at radius 1 is 1.45 bits per heavy atom. The molecule has 0 spiro atoms. The summed E-state index contributed by atoms with van der Waals surface area (Å²) in [6.07, 6.45) is 0. The average Bonchev–Trinajstić information content (AvgIpc) is 2.06. The third kappa shape index (κ3) is 1.92. The van der Waals surface area contributed by atoms with Gasteiger partial charge in [0, 0.05) is 6.07 Å². The topological polar surface area (TPSA) is 46.2 Å². The summed E-state index contributed by atoms with van der Waals surface area (Å²) in [5, 5.41) is 0.